The average molecular weight is 410 g/mol. The summed E-state index contributed by atoms with van der Waals surface area (Å²) in [6.45, 7) is 6.59. The van der Waals surface area contributed by atoms with Crippen molar-refractivity contribution in [3.8, 4) is 5.82 Å². The molecule has 6 heteroatoms. The van der Waals surface area contributed by atoms with Crippen LogP contribution in [0.25, 0.3) is 5.82 Å². The SMILES string of the molecule is Cc1ccc(S(=O)(=O)N2CCCC[C@H]2c2cccnc2-n2c(C)ccc2C)cc1. The Morgan fingerprint density at radius 2 is 1.62 bits per heavy atom. The minimum Gasteiger partial charge on any atom is -0.303 e. The molecule has 0 unspecified atom stereocenters. The Morgan fingerprint density at radius 3 is 2.31 bits per heavy atom. The molecule has 3 heterocycles. The van der Waals surface area contributed by atoms with Crippen LogP contribution < -0.4 is 0 Å². The van der Waals surface area contributed by atoms with Crippen molar-refractivity contribution in [2.75, 3.05) is 6.54 Å². The Hall–Kier alpha value is -2.44. The third-order valence-corrected chi connectivity index (χ3v) is 7.66. The maximum Gasteiger partial charge on any atom is 0.243 e. The number of aromatic nitrogens is 2. The summed E-state index contributed by atoms with van der Waals surface area (Å²) >= 11 is 0. The molecule has 29 heavy (non-hydrogen) atoms. The molecular formula is C23H27N3O2S. The molecule has 0 saturated carbocycles. The normalized spacial score (nSPS) is 18.1. The summed E-state index contributed by atoms with van der Waals surface area (Å²) < 4.78 is 30.8. The van der Waals surface area contributed by atoms with Crippen LogP contribution in [0.2, 0.25) is 0 Å². The van der Waals surface area contributed by atoms with E-state index in [-0.39, 0.29) is 6.04 Å². The topological polar surface area (TPSA) is 55.2 Å². The number of hydrogen-bond donors (Lipinski definition) is 0. The molecule has 1 atom stereocenters. The first-order chi connectivity index (χ1) is 13.9. The van der Waals surface area contributed by atoms with Gasteiger partial charge in [-0.15, -0.1) is 0 Å². The summed E-state index contributed by atoms with van der Waals surface area (Å²) in [4.78, 5) is 5.02. The first-order valence-electron chi connectivity index (χ1n) is 10.1. The minimum absolute atomic E-state index is 0.222. The summed E-state index contributed by atoms with van der Waals surface area (Å²) in [5.41, 5.74) is 4.19. The molecule has 4 rings (SSSR count). The zero-order valence-corrected chi connectivity index (χ0v) is 18.0. The number of hydrogen-bond acceptors (Lipinski definition) is 3. The van der Waals surface area contributed by atoms with Gasteiger partial charge >= 0.3 is 0 Å². The van der Waals surface area contributed by atoms with E-state index in [0.717, 1.165) is 47.6 Å². The number of benzene rings is 1. The van der Waals surface area contributed by atoms with Crippen molar-refractivity contribution < 1.29 is 8.42 Å². The van der Waals surface area contributed by atoms with Crippen LogP contribution >= 0.6 is 0 Å². The van der Waals surface area contributed by atoms with Gasteiger partial charge in [-0.25, -0.2) is 13.4 Å². The number of aryl methyl sites for hydroxylation is 3. The molecule has 0 amide bonds. The average Bonchev–Trinajstić information content (AvgIpc) is 3.06. The van der Waals surface area contributed by atoms with Crippen LogP contribution in [0.15, 0.2) is 59.6 Å². The van der Waals surface area contributed by atoms with Crippen molar-refractivity contribution >= 4 is 10.0 Å². The van der Waals surface area contributed by atoms with E-state index in [1.165, 1.54) is 0 Å². The molecule has 1 aliphatic heterocycles. The zero-order valence-electron chi connectivity index (χ0n) is 17.2. The summed E-state index contributed by atoms with van der Waals surface area (Å²) in [5, 5.41) is 0. The first-order valence-corrected chi connectivity index (χ1v) is 11.5. The summed E-state index contributed by atoms with van der Waals surface area (Å²) in [7, 11) is -3.59. The van der Waals surface area contributed by atoms with Crippen molar-refractivity contribution in [2.45, 2.75) is 51.0 Å². The molecule has 2 aromatic heterocycles. The Morgan fingerprint density at radius 1 is 0.931 bits per heavy atom. The molecule has 3 aromatic rings. The van der Waals surface area contributed by atoms with Crippen molar-refractivity contribution in [3.05, 3.63) is 77.2 Å². The van der Waals surface area contributed by atoms with Gasteiger partial charge in [-0.1, -0.05) is 30.2 Å². The van der Waals surface area contributed by atoms with Gasteiger partial charge in [-0.05, 0) is 63.9 Å². The molecule has 0 N–H and O–H groups in total. The highest BCUT2D eigenvalue weighted by atomic mass is 32.2. The molecule has 152 valence electrons. The van der Waals surface area contributed by atoms with E-state index in [0.29, 0.717) is 11.4 Å². The van der Waals surface area contributed by atoms with Crippen LogP contribution in [0, 0.1) is 20.8 Å². The molecule has 1 fully saturated rings. The zero-order chi connectivity index (χ0) is 20.6. The Labute approximate surface area is 173 Å². The Kier molecular flexibility index (Phi) is 5.32. The fourth-order valence-electron chi connectivity index (χ4n) is 4.21. The van der Waals surface area contributed by atoms with Crippen LogP contribution in [0.3, 0.4) is 0 Å². The lowest BCUT2D eigenvalue weighted by molar-refractivity contribution is 0.255. The third kappa shape index (κ3) is 3.63. The lowest BCUT2D eigenvalue weighted by atomic mass is 9.98. The lowest BCUT2D eigenvalue weighted by Crippen LogP contribution is -2.39. The first kappa shape index (κ1) is 19.9. The third-order valence-electron chi connectivity index (χ3n) is 5.74. The van der Waals surface area contributed by atoms with Crippen LogP contribution in [-0.2, 0) is 10.0 Å². The Balaban J connectivity index is 1.81. The number of pyridine rings is 1. The largest absolute Gasteiger partial charge is 0.303 e. The summed E-state index contributed by atoms with van der Waals surface area (Å²) in [6, 6.07) is 15.0. The standard InChI is InChI=1S/C23H27N3O2S/c1-17-9-13-20(14-10-17)29(27,28)25-16-5-4-8-22(25)21-7-6-15-24-23(21)26-18(2)11-12-19(26)3/h6-7,9-15,22H,4-5,8,16H2,1-3H3/t22-/m0/s1. The number of piperidine rings is 1. The second-order valence-corrected chi connectivity index (χ2v) is 9.70. The van der Waals surface area contributed by atoms with Gasteiger partial charge in [-0.3, -0.25) is 0 Å². The summed E-state index contributed by atoms with van der Waals surface area (Å²) in [5.74, 6) is 0.823. The van der Waals surface area contributed by atoms with Gasteiger partial charge in [0, 0.05) is 29.7 Å². The van der Waals surface area contributed by atoms with E-state index in [1.807, 2.05) is 45.0 Å². The quantitative estimate of drug-likeness (QED) is 0.627. The molecule has 0 bridgehead atoms. The van der Waals surface area contributed by atoms with E-state index < -0.39 is 10.0 Å². The second kappa shape index (κ2) is 7.76. The van der Waals surface area contributed by atoms with Crippen LogP contribution in [-0.4, -0.2) is 28.8 Å². The second-order valence-electron chi connectivity index (χ2n) is 7.81. The maximum absolute atomic E-state index is 13.5. The van der Waals surface area contributed by atoms with E-state index in [2.05, 4.69) is 21.7 Å². The highest BCUT2D eigenvalue weighted by Gasteiger charge is 2.36. The van der Waals surface area contributed by atoms with E-state index in [4.69, 9.17) is 0 Å². The predicted octanol–water partition coefficient (Wildman–Crippen LogP) is 4.71. The molecule has 1 aromatic carbocycles. The fraction of sp³-hybridized carbons (Fsp3) is 0.348. The molecular weight excluding hydrogens is 382 g/mol. The molecule has 1 saturated heterocycles. The van der Waals surface area contributed by atoms with Crippen molar-refractivity contribution in [3.63, 3.8) is 0 Å². The number of nitrogens with zero attached hydrogens (tertiary/aromatic N) is 3. The number of sulfonamides is 1. The van der Waals surface area contributed by atoms with Gasteiger partial charge in [0.15, 0.2) is 0 Å². The highest BCUT2D eigenvalue weighted by molar-refractivity contribution is 7.89. The maximum atomic E-state index is 13.5. The monoisotopic (exact) mass is 409 g/mol. The fourth-order valence-corrected chi connectivity index (χ4v) is 5.88. The molecule has 5 nitrogen and oxygen atoms in total. The molecule has 1 aliphatic rings. The smallest absolute Gasteiger partial charge is 0.243 e. The predicted molar refractivity (Wildman–Crippen MR) is 115 cm³/mol. The van der Waals surface area contributed by atoms with E-state index in [9.17, 15) is 8.42 Å². The van der Waals surface area contributed by atoms with Crippen LogP contribution in [0.1, 0.15) is 47.8 Å². The molecule has 0 spiro atoms. The van der Waals surface area contributed by atoms with Crippen LogP contribution in [0.5, 0.6) is 0 Å². The molecule has 0 radical (unpaired) electrons. The minimum atomic E-state index is -3.59. The van der Waals surface area contributed by atoms with Gasteiger partial charge in [0.2, 0.25) is 10.0 Å². The van der Waals surface area contributed by atoms with E-state index >= 15 is 0 Å². The van der Waals surface area contributed by atoms with Gasteiger partial charge in [-0.2, -0.15) is 4.31 Å². The van der Waals surface area contributed by atoms with Crippen molar-refractivity contribution in [2.24, 2.45) is 0 Å². The van der Waals surface area contributed by atoms with E-state index in [1.54, 1.807) is 22.6 Å². The lowest BCUT2D eigenvalue weighted by Gasteiger charge is -2.35. The van der Waals surface area contributed by atoms with Gasteiger partial charge < -0.3 is 4.57 Å². The Bertz CT molecular complexity index is 1100. The van der Waals surface area contributed by atoms with Crippen molar-refractivity contribution in [1.29, 1.82) is 0 Å². The number of rotatable bonds is 4. The van der Waals surface area contributed by atoms with Gasteiger partial charge in [0.05, 0.1) is 10.9 Å². The highest BCUT2D eigenvalue weighted by Crippen LogP contribution is 2.38. The van der Waals surface area contributed by atoms with Crippen LogP contribution in [0.4, 0.5) is 0 Å². The van der Waals surface area contributed by atoms with Gasteiger partial charge in [0.1, 0.15) is 5.82 Å². The van der Waals surface area contributed by atoms with Gasteiger partial charge in [0.25, 0.3) is 0 Å². The van der Waals surface area contributed by atoms with Crippen molar-refractivity contribution in [1.82, 2.24) is 13.9 Å². The molecule has 0 aliphatic carbocycles. The summed E-state index contributed by atoms with van der Waals surface area (Å²) in [6.07, 6.45) is 4.45.